The molecule has 0 atom stereocenters. The monoisotopic (exact) mass is 431 g/mol. The van der Waals surface area contributed by atoms with E-state index < -0.39 is 0 Å². The van der Waals surface area contributed by atoms with Gasteiger partial charge in [-0.15, -0.1) is 0 Å². The van der Waals surface area contributed by atoms with Gasteiger partial charge in [0.15, 0.2) is 0 Å². The summed E-state index contributed by atoms with van der Waals surface area (Å²) in [5, 5.41) is 2.99. The Morgan fingerprint density at radius 2 is 1.86 bits per heavy atom. The van der Waals surface area contributed by atoms with Crippen molar-refractivity contribution in [2.75, 3.05) is 31.5 Å². The van der Waals surface area contributed by atoms with E-state index in [1.807, 2.05) is 23.1 Å². The Hall–Kier alpha value is -0.590. The number of nitrogens with zero attached hydrogens (tertiary/aromatic N) is 2. The minimum absolute atomic E-state index is 0.0289. The van der Waals surface area contributed by atoms with Crippen molar-refractivity contribution in [1.82, 2.24) is 9.80 Å². The molecule has 1 heterocycles. The number of rotatable bonds is 1. The predicted molar refractivity (Wildman–Crippen MR) is 98.4 cm³/mol. The number of carbonyl (C=O) groups excluding carboxylic acids is 1. The molecular formula is C16H23Br2N3O. The summed E-state index contributed by atoms with van der Waals surface area (Å²) in [6.07, 6.45) is 1.01. The molecule has 1 N–H and O–H groups in total. The van der Waals surface area contributed by atoms with Crippen molar-refractivity contribution in [2.24, 2.45) is 0 Å². The summed E-state index contributed by atoms with van der Waals surface area (Å²) in [7, 11) is 0. The van der Waals surface area contributed by atoms with Gasteiger partial charge >= 0.3 is 6.03 Å². The van der Waals surface area contributed by atoms with Crippen molar-refractivity contribution in [3.05, 3.63) is 27.1 Å². The van der Waals surface area contributed by atoms with E-state index in [0.717, 1.165) is 47.2 Å². The third-order valence-corrected chi connectivity index (χ3v) is 5.05. The van der Waals surface area contributed by atoms with Crippen LogP contribution in [0.15, 0.2) is 27.1 Å². The number of amides is 2. The number of hydrogen-bond donors (Lipinski definition) is 1. The zero-order valence-corrected chi connectivity index (χ0v) is 16.5. The van der Waals surface area contributed by atoms with Crippen LogP contribution in [0.25, 0.3) is 0 Å². The molecule has 0 unspecified atom stereocenters. The Labute approximate surface area is 149 Å². The van der Waals surface area contributed by atoms with Crippen LogP contribution in [0.4, 0.5) is 10.5 Å². The Morgan fingerprint density at radius 1 is 1.14 bits per heavy atom. The first-order valence-corrected chi connectivity index (χ1v) is 9.12. The van der Waals surface area contributed by atoms with Crippen LogP contribution in [-0.4, -0.2) is 47.5 Å². The smallest absolute Gasteiger partial charge is 0.321 e. The Morgan fingerprint density at radius 3 is 2.50 bits per heavy atom. The molecule has 2 rings (SSSR count). The molecule has 1 fully saturated rings. The fourth-order valence-electron chi connectivity index (χ4n) is 2.58. The second kappa shape index (κ2) is 7.32. The number of nitrogens with one attached hydrogen (secondary N) is 1. The van der Waals surface area contributed by atoms with Crippen LogP contribution in [0.1, 0.15) is 27.2 Å². The van der Waals surface area contributed by atoms with Crippen molar-refractivity contribution in [3.8, 4) is 0 Å². The molecule has 6 heteroatoms. The highest BCUT2D eigenvalue weighted by molar-refractivity contribution is 9.11. The number of urea groups is 1. The van der Waals surface area contributed by atoms with E-state index in [9.17, 15) is 4.79 Å². The Bertz CT molecular complexity index is 543. The lowest BCUT2D eigenvalue weighted by Gasteiger charge is -2.34. The number of carbonyl (C=O) groups is 1. The number of hydrogen-bond acceptors (Lipinski definition) is 2. The number of benzene rings is 1. The lowest BCUT2D eigenvalue weighted by molar-refractivity contribution is 0.142. The quantitative estimate of drug-likeness (QED) is 0.706. The van der Waals surface area contributed by atoms with Gasteiger partial charge in [-0.2, -0.15) is 0 Å². The molecule has 1 aliphatic heterocycles. The average molecular weight is 433 g/mol. The molecule has 122 valence electrons. The summed E-state index contributed by atoms with van der Waals surface area (Å²) < 4.78 is 1.86. The third kappa shape index (κ3) is 4.70. The molecule has 2 amide bonds. The lowest BCUT2D eigenvalue weighted by atomic mass is 10.1. The minimum atomic E-state index is -0.0289. The molecule has 22 heavy (non-hydrogen) atoms. The van der Waals surface area contributed by atoms with E-state index in [2.05, 4.69) is 62.8 Å². The highest BCUT2D eigenvalue weighted by atomic mass is 79.9. The summed E-state index contributed by atoms with van der Waals surface area (Å²) in [5.41, 5.74) is 0.950. The summed E-state index contributed by atoms with van der Waals surface area (Å²) in [5.74, 6) is 0. The molecule has 0 bridgehead atoms. The fourth-order valence-corrected chi connectivity index (χ4v) is 3.72. The van der Waals surface area contributed by atoms with Gasteiger partial charge in [0.25, 0.3) is 0 Å². The van der Waals surface area contributed by atoms with Crippen molar-refractivity contribution in [3.63, 3.8) is 0 Å². The zero-order chi connectivity index (χ0) is 16.3. The molecule has 1 aromatic carbocycles. The van der Waals surface area contributed by atoms with Crippen LogP contribution in [0.5, 0.6) is 0 Å². The summed E-state index contributed by atoms with van der Waals surface area (Å²) in [4.78, 5) is 16.8. The van der Waals surface area contributed by atoms with E-state index in [1.165, 1.54) is 0 Å². The minimum Gasteiger partial charge on any atom is -0.323 e. The Kier molecular flexibility index (Phi) is 5.91. The third-order valence-electron chi connectivity index (χ3n) is 3.90. The first-order chi connectivity index (χ1) is 10.3. The van der Waals surface area contributed by atoms with Crippen molar-refractivity contribution in [2.45, 2.75) is 32.7 Å². The van der Waals surface area contributed by atoms with E-state index in [-0.39, 0.29) is 11.6 Å². The van der Waals surface area contributed by atoms with Crippen LogP contribution in [0.2, 0.25) is 0 Å². The van der Waals surface area contributed by atoms with Crippen LogP contribution in [-0.2, 0) is 0 Å². The van der Waals surface area contributed by atoms with Crippen LogP contribution in [0.3, 0.4) is 0 Å². The second-order valence-electron chi connectivity index (χ2n) is 6.55. The molecule has 1 aromatic rings. The second-order valence-corrected chi connectivity index (χ2v) is 8.32. The number of halogens is 2. The van der Waals surface area contributed by atoms with E-state index in [1.54, 1.807) is 0 Å². The van der Waals surface area contributed by atoms with Gasteiger partial charge in [-0.1, -0.05) is 15.9 Å². The molecule has 0 aliphatic carbocycles. The van der Waals surface area contributed by atoms with Crippen molar-refractivity contribution >= 4 is 43.6 Å². The molecule has 1 saturated heterocycles. The van der Waals surface area contributed by atoms with Crippen LogP contribution >= 0.6 is 31.9 Å². The fraction of sp³-hybridized carbons (Fsp3) is 0.562. The molecule has 0 aromatic heterocycles. The van der Waals surface area contributed by atoms with Gasteiger partial charge in [0.1, 0.15) is 0 Å². The summed E-state index contributed by atoms with van der Waals surface area (Å²) in [6.45, 7) is 10.2. The first kappa shape index (κ1) is 17.8. The molecular weight excluding hydrogens is 410 g/mol. The zero-order valence-electron chi connectivity index (χ0n) is 13.3. The maximum atomic E-state index is 12.5. The SMILES string of the molecule is CC(C)(C)N1CCCN(C(=O)Nc2ccc(Br)cc2Br)CC1. The number of anilines is 1. The topological polar surface area (TPSA) is 35.6 Å². The van der Waals surface area contributed by atoms with Gasteiger partial charge < -0.3 is 10.2 Å². The Balaban J connectivity index is 1.98. The van der Waals surface area contributed by atoms with Gasteiger partial charge in [0.2, 0.25) is 0 Å². The predicted octanol–water partition coefficient (Wildman–Crippen LogP) is 4.55. The first-order valence-electron chi connectivity index (χ1n) is 7.53. The van der Waals surface area contributed by atoms with Gasteiger partial charge in [0.05, 0.1) is 5.69 Å². The van der Waals surface area contributed by atoms with Gasteiger partial charge in [-0.05, 0) is 61.3 Å². The molecule has 4 nitrogen and oxygen atoms in total. The summed E-state index contributed by atoms with van der Waals surface area (Å²) >= 11 is 6.90. The van der Waals surface area contributed by atoms with Crippen LogP contribution < -0.4 is 5.32 Å². The van der Waals surface area contributed by atoms with Gasteiger partial charge in [0, 0.05) is 40.7 Å². The normalized spacial score (nSPS) is 17.2. The maximum absolute atomic E-state index is 12.5. The van der Waals surface area contributed by atoms with E-state index >= 15 is 0 Å². The summed E-state index contributed by atoms with van der Waals surface area (Å²) in [6, 6.07) is 5.72. The van der Waals surface area contributed by atoms with E-state index in [0.29, 0.717) is 0 Å². The molecule has 1 aliphatic rings. The van der Waals surface area contributed by atoms with Crippen molar-refractivity contribution in [1.29, 1.82) is 0 Å². The standard InChI is InChI=1S/C16H23Br2N3O/c1-16(2,3)21-8-4-7-20(9-10-21)15(22)19-14-6-5-12(17)11-13(14)18/h5-6,11H,4,7-10H2,1-3H3,(H,19,22). The molecule has 0 radical (unpaired) electrons. The molecule has 0 spiro atoms. The average Bonchev–Trinajstić information content (AvgIpc) is 2.67. The molecule has 0 saturated carbocycles. The van der Waals surface area contributed by atoms with Gasteiger partial charge in [-0.25, -0.2) is 4.79 Å². The lowest BCUT2D eigenvalue weighted by Crippen LogP contribution is -2.44. The van der Waals surface area contributed by atoms with Gasteiger partial charge in [-0.3, -0.25) is 4.90 Å². The van der Waals surface area contributed by atoms with Crippen LogP contribution in [0, 0.1) is 0 Å². The highest BCUT2D eigenvalue weighted by Gasteiger charge is 2.25. The maximum Gasteiger partial charge on any atom is 0.321 e. The largest absolute Gasteiger partial charge is 0.323 e. The highest BCUT2D eigenvalue weighted by Crippen LogP contribution is 2.26. The van der Waals surface area contributed by atoms with E-state index in [4.69, 9.17) is 0 Å². The van der Waals surface area contributed by atoms with Crippen molar-refractivity contribution < 1.29 is 4.79 Å².